The minimum absolute atomic E-state index is 0. The molecule has 0 saturated carbocycles. The van der Waals surface area contributed by atoms with E-state index in [0.29, 0.717) is 0 Å². The highest BCUT2D eigenvalue weighted by atomic mass is 14.7. The highest BCUT2D eigenvalue weighted by Crippen LogP contribution is 1.88. The Hall–Kier alpha value is -0.755. The van der Waals surface area contributed by atoms with E-state index in [0.717, 1.165) is 0 Å². The fourth-order valence-electron chi connectivity index (χ4n) is 0.385. The van der Waals surface area contributed by atoms with Gasteiger partial charge in [0.2, 0.25) is 0 Å². The van der Waals surface area contributed by atoms with E-state index in [2.05, 4.69) is 0 Å². The van der Waals surface area contributed by atoms with Crippen LogP contribution in [0.3, 0.4) is 0 Å². The first-order valence-corrected chi connectivity index (χ1v) is 3.79. The van der Waals surface area contributed by atoms with Crippen LogP contribution in [-0.4, -0.2) is 14.0 Å². The summed E-state index contributed by atoms with van der Waals surface area (Å²) in [5.41, 5.74) is 5.35. The zero-order valence-corrected chi connectivity index (χ0v) is 7.54. The van der Waals surface area contributed by atoms with Crippen LogP contribution in [0.25, 0.3) is 0 Å². The summed E-state index contributed by atoms with van der Waals surface area (Å²) in [5.74, 6) is 0. The van der Waals surface area contributed by atoms with Gasteiger partial charge in [-0.25, -0.2) is 0 Å². The van der Waals surface area contributed by atoms with Crippen molar-refractivity contribution in [2.45, 2.75) is 26.3 Å². The van der Waals surface area contributed by atoms with E-state index in [4.69, 9.17) is 5.73 Å². The maximum atomic E-state index is 5.35. The molecular formula is C10H20BN. The van der Waals surface area contributed by atoms with Gasteiger partial charge in [-0.15, -0.1) is 0 Å². The summed E-state index contributed by atoms with van der Waals surface area (Å²) >= 11 is 0. The van der Waals surface area contributed by atoms with Crippen molar-refractivity contribution in [3.05, 3.63) is 36.4 Å². The van der Waals surface area contributed by atoms with Gasteiger partial charge in [-0.1, -0.05) is 36.4 Å². The molecule has 2 N–H and O–H groups in total. The highest BCUT2D eigenvalue weighted by molar-refractivity contribution is 5.75. The zero-order chi connectivity index (χ0) is 8.74. The summed E-state index contributed by atoms with van der Waals surface area (Å²) < 4.78 is 0. The fourth-order valence-corrected chi connectivity index (χ4v) is 0.385. The molecule has 0 bridgehead atoms. The van der Waals surface area contributed by atoms with E-state index in [1.807, 2.05) is 57.2 Å². The smallest absolute Gasteiger partial charge is 0.0814 e. The first-order chi connectivity index (χ1) is 5.00. The van der Waals surface area contributed by atoms with Crippen LogP contribution in [-0.2, 0) is 0 Å². The lowest BCUT2D eigenvalue weighted by atomic mass is 10.1. The zero-order valence-electron chi connectivity index (χ0n) is 7.54. The molecule has 1 rings (SSSR count). The van der Waals surface area contributed by atoms with Crippen LogP contribution in [0.15, 0.2) is 36.4 Å². The summed E-state index contributed by atoms with van der Waals surface area (Å²) in [4.78, 5) is 0. The second kappa shape index (κ2) is 6.92. The Bertz CT molecular complexity index is 134. The van der Waals surface area contributed by atoms with Crippen LogP contribution in [0.1, 0.15) is 20.8 Å². The second-order valence-electron chi connectivity index (χ2n) is 3.52. The van der Waals surface area contributed by atoms with E-state index < -0.39 is 0 Å². The SMILES string of the molecule is B.CC(C)(C)N.c1ccccc1. The molecule has 1 nitrogen and oxygen atoms in total. The van der Waals surface area contributed by atoms with Gasteiger partial charge in [0.25, 0.3) is 0 Å². The summed E-state index contributed by atoms with van der Waals surface area (Å²) in [6, 6.07) is 12.0. The Balaban J connectivity index is 0. The van der Waals surface area contributed by atoms with Gasteiger partial charge in [0.05, 0.1) is 8.41 Å². The standard InChI is InChI=1S/C6H6.C4H11N.BH3/c1-2-4-6-5-3-1;1-4(2,3)5;/h1-6H;5H2,1-3H3;1H3. The molecule has 1 aromatic carbocycles. The maximum Gasteiger partial charge on any atom is 0.0814 e. The lowest BCUT2D eigenvalue weighted by molar-refractivity contribution is 0.580. The molecule has 0 fully saturated rings. The number of nitrogens with two attached hydrogens (primary N) is 1. The largest absolute Gasteiger partial charge is 0.326 e. The van der Waals surface area contributed by atoms with Crippen molar-refractivity contribution in [1.29, 1.82) is 0 Å². The summed E-state index contributed by atoms with van der Waals surface area (Å²) in [6.07, 6.45) is 0. The Morgan fingerprint density at radius 3 is 0.917 bits per heavy atom. The maximum absolute atomic E-state index is 5.35. The molecule has 1 aromatic rings. The van der Waals surface area contributed by atoms with Crippen molar-refractivity contribution in [3.63, 3.8) is 0 Å². The Morgan fingerprint density at radius 1 is 0.750 bits per heavy atom. The molecule has 12 heavy (non-hydrogen) atoms. The predicted octanol–water partition coefficient (Wildman–Crippen LogP) is 1.25. The second-order valence-corrected chi connectivity index (χ2v) is 3.52. The monoisotopic (exact) mass is 165 g/mol. The third-order valence-corrected chi connectivity index (χ3v) is 0.667. The molecule has 2 heteroatoms. The molecule has 0 atom stereocenters. The first kappa shape index (κ1) is 13.8. The molecule has 0 heterocycles. The van der Waals surface area contributed by atoms with Gasteiger partial charge >= 0.3 is 0 Å². The first-order valence-electron chi connectivity index (χ1n) is 3.79. The van der Waals surface area contributed by atoms with Crippen LogP contribution < -0.4 is 5.73 Å². The van der Waals surface area contributed by atoms with E-state index in [-0.39, 0.29) is 14.0 Å². The van der Waals surface area contributed by atoms with E-state index in [1.54, 1.807) is 0 Å². The van der Waals surface area contributed by atoms with Crippen molar-refractivity contribution < 1.29 is 0 Å². The third kappa shape index (κ3) is 22.8. The molecule has 68 valence electrons. The molecule has 0 amide bonds. The molecule has 0 spiro atoms. The molecule has 0 aliphatic rings. The van der Waals surface area contributed by atoms with Gasteiger partial charge < -0.3 is 5.73 Å². The molecule has 0 saturated heterocycles. The highest BCUT2D eigenvalue weighted by Gasteiger charge is 1.95. The van der Waals surface area contributed by atoms with Crippen molar-refractivity contribution in [1.82, 2.24) is 0 Å². The Kier molecular flexibility index (Phi) is 7.97. The minimum Gasteiger partial charge on any atom is -0.326 e. The minimum atomic E-state index is 0. The van der Waals surface area contributed by atoms with Crippen LogP contribution >= 0.6 is 0 Å². The van der Waals surface area contributed by atoms with E-state index in [9.17, 15) is 0 Å². The van der Waals surface area contributed by atoms with Crippen molar-refractivity contribution in [2.24, 2.45) is 5.73 Å². The molecule has 0 unspecified atom stereocenters. The van der Waals surface area contributed by atoms with Crippen LogP contribution in [0.4, 0.5) is 0 Å². The quantitative estimate of drug-likeness (QED) is 0.575. The normalized spacial score (nSPS) is 9.00. The Morgan fingerprint density at radius 2 is 0.833 bits per heavy atom. The summed E-state index contributed by atoms with van der Waals surface area (Å²) in [6.45, 7) is 5.90. The number of rotatable bonds is 0. The molecule has 0 aromatic heterocycles. The molecule has 0 aliphatic heterocycles. The lowest BCUT2D eigenvalue weighted by Gasteiger charge is -2.06. The lowest BCUT2D eigenvalue weighted by Crippen LogP contribution is -2.26. The molecule has 0 aliphatic carbocycles. The predicted molar refractivity (Wildman–Crippen MR) is 60.3 cm³/mol. The van der Waals surface area contributed by atoms with Crippen molar-refractivity contribution >= 4 is 8.41 Å². The summed E-state index contributed by atoms with van der Waals surface area (Å²) in [7, 11) is 0. The number of hydrogen-bond acceptors (Lipinski definition) is 1. The topological polar surface area (TPSA) is 26.0 Å². The van der Waals surface area contributed by atoms with Crippen molar-refractivity contribution in [3.8, 4) is 0 Å². The fraction of sp³-hybridized carbons (Fsp3) is 0.400. The average molecular weight is 165 g/mol. The van der Waals surface area contributed by atoms with E-state index >= 15 is 0 Å². The third-order valence-electron chi connectivity index (χ3n) is 0.667. The van der Waals surface area contributed by atoms with Gasteiger partial charge in [-0.05, 0) is 20.8 Å². The Labute approximate surface area is 77.6 Å². The van der Waals surface area contributed by atoms with Crippen LogP contribution in [0.2, 0.25) is 0 Å². The van der Waals surface area contributed by atoms with Crippen LogP contribution in [0.5, 0.6) is 0 Å². The van der Waals surface area contributed by atoms with Gasteiger partial charge in [-0.2, -0.15) is 0 Å². The average Bonchev–Trinajstić information content (AvgIpc) is 1.88. The number of hydrogen-bond donors (Lipinski definition) is 1. The van der Waals surface area contributed by atoms with Gasteiger partial charge in [0, 0.05) is 5.54 Å². The van der Waals surface area contributed by atoms with Crippen LogP contribution in [0, 0.1) is 0 Å². The van der Waals surface area contributed by atoms with Gasteiger partial charge in [0.1, 0.15) is 0 Å². The van der Waals surface area contributed by atoms with Crippen molar-refractivity contribution in [2.75, 3.05) is 0 Å². The van der Waals surface area contributed by atoms with Gasteiger partial charge in [0.15, 0.2) is 0 Å². The van der Waals surface area contributed by atoms with E-state index in [1.165, 1.54) is 0 Å². The number of benzene rings is 1. The molecule has 0 radical (unpaired) electrons. The summed E-state index contributed by atoms with van der Waals surface area (Å²) in [5, 5.41) is 0. The molecular weight excluding hydrogens is 145 g/mol. The van der Waals surface area contributed by atoms with Gasteiger partial charge in [-0.3, -0.25) is 0 Å².